The Kier molecular flexibility index (Phi) is 2.06. The van der Waals surface area contributed by atoms with Crippen LogP contribution in [0, 0.1) is 0 Å². The second kappa shape index (κ2) is 3.46. The van der Waals surface area contributed by atoms with Crippen LogP contribution in [0.4, 0.5) is 0 Å². The largest absolute Gasteiger partial charge is 0.252 e. The Morgan fingerprint density at radius 2 is 2.41 bits per heavy atom. The maximum Gasteiger partial charge on any atom is 0.252 e. The van der Waals surface area contributed by atoms with Crippen LogP contribution in [0.2, 0.25) is 0 Å². The van der Waals surface area contributed by atoms with Crippen LogP contribution in [0.25, 0.3) is 5.78 Å². The smallest absolute Gasteiger partial charge is 0.219 e. The van der Waals surface area contributed by atoms with Crippen molar-refractivity contribution in [3.8, 4) is 0 Å². The van der Waals surface area contributed by atoms with E-state index in [4.69, 9.17) is 0 Å². The number of hydrogen-bond donors (Lipinski definition) is 0. The third-order valence-electron chi connectivity index (χ3n) is 3.05. The Balaban J connectivity index is 2.11. The van der Waals surface area contributed by atoms with Crippen LogP contribution in [0.1, 0.15) is 31.2 Å². The summed E-state index contributed by atoms with van der Waals surface area (Å²) in [4.78, 5) is 22.7. The molecule has 2 aromatic rings. The number of fused-ring (bicyclic) bond motifs is 1. The molecule has 2 aromatic heterocycles. The first kappa shape index (κ1) is 10.1. The first-order valence-corrected chi connectivity index (χ1v) is 5.58. The molecule has 6 nitrogen and oxygen atoms in total. The number of nitrogens with zero attached hydrogens (tertiary/aromatic N) is 5. The average Bonchev–Trinajstić information content (AvgIpc) is 3.00. The quantitative estimate of drug-likeness (QED) is 0.581. The molecule has 0 unspecified atom stereocenters. The van der Waals surface area contributed by atoms with Gasteiger partial charge >= 0.3 is 0 Å². The van der Waals surface area contributed by atoms with E-state index in [9.17, 15) is 4.79 Å². The summed E-state index contributed by atoms with van der Waals surface area (Å²) in [6, 6.07) is 0. The van der Waals surface area contributed by atoms with Crippen LogP contribution in [0.3, 0.4) is 0 Å². The van der Waals surface area contributed by atoms with Gasteiger partial charge in [0.15, 0.2) is 5.82 Å². The van der Waals surface area contributed by atoms with E-state index in [1.807, 2.05) is 6.20 Å². The molecule has 0 spiro atoms. The Morgan fingerprint density at radius 1 is 1.59 bits per heavy atom. The van der Waals surface area contributed by atoms with Gasteiger partial charge in [0.1, 0.15) is 5.54 Å². The van der Waals surface area contributed by atoms with Crippen LogP contribution < -0.4 is 0 Å². The van der Waals surface area contributed by atoms with Crippen molar-refractivity contribution in [2.24, 2.45) is 4.99 Å². The van der Waals surface area contributed by atoms with E-state index in [1.54, 1.807) is 16.8 Å². The summed E-state index contributed by atoms with van der Waals surface area (Å²) in [5.41, 5.74) is 0.569. The molecule has 0 aliphatic heterocycles. The third-order valence-corrected chi connectivity index (χ3v) is 3.05. The van der Waals surface area contributed by atoms with Gasteiger partial charge in [-0.15, -0.1) is 5.10 Å². The van der Waals surface area contributed by atoms with Crippen LogP contribution in [0.5, 0.6) is 0 Å². The molecule has 0 atom stereocenters. The second-order valence-corrected chi connectivity index (χ2v) is 4.23. The van der Waals surface area contributed by atoms with Crippen molar-refractivity contribution in [2.45, 2.75) is 31.7 Å². The predicted octanol–water partition coefficient (Wildman–Crippen LogP) is 1.01. The molecule has 3 rings (SSSR count). The van der Waals surface area contributed by atoms with Crippen LogP contribution in [-0.4, -0.2) is 25.7 Å². The van der Waals surface area contributed by atoms with Crippen molar-refractivity contribution in [1.82, 2.24) is 19.6 Å². The van der Waals surface area contributed by atoms with Crippen LogP contribution in [-0.2, 0) is 16.8 Å². The molecule has 0 radical (unpaired) electrons. The van der Waals surface area contributed by atoms with Gasteiger partial charge in [-0.25, -0.2) is 14.3 Å². The molecule has 2 heterocycles. The number of aryl methyl sites for hydroxylation is 1. The molecule has 0 aromatic carbocycles. The zero-order valence-corrected chi connectivity index (χ0v) is 9.42. The topological polar surface area (TPSA) is 72.5 Å². The van der Waals surface area contributed by atoms with Crippen molar-refractivity contribution in [1.29, 1.82) is 0 Å². The number of carbonyl (C=O) groups excluding carboxylic acids is 1. The van der Waals surface area contributed by atoms with Gasteiger partial charge in [-0.05, 0) is 24.8 Å². The van der Waals surface area contributed by atoms with Gasteiger partial charge < -0.3 is 0 Å². The fourth-order valence-corrected chi connectivity index (χ4v) is 1.79. The fraction of sp³-hybridized carbons (Fsp3) is 0.455. The fourth-order valence-electron chi connectivity index (χ4n) is 1.79. The Labute approximate surface area is 97.4 Å². The highest BCUT2D eigenvalue weighted by Gasteiger charge is 2.48. The van der Waals surface area contributed by atoms with E-state index in [0.29, 0.717) is 11.6 Å². The Bertz CT molecular complexity index is 622. The number of aromatic nitrogens is 4. The second-order valence-electron chi connectivity index (χ2n) is 4.23. The summed E-state index contributed by atoms with van der Waals surface area (Å²) >= 11 is 0. The molecule has 1 aliphatic rings. The zero-order chi connectivity index (χ0) is 11.9. The monoisotopic (exact) mass is 229 g/mol. The van der Waals surface area contributed by atoms with Gasteiger partial charge in [-0.2, -0.15) is 9.98 Å². The zero-order valence-electron chi connectivity index (χ0n) is 9.42. The summed E-state index contributed by atoms with van der Waals surface area (Å²) in [5, 5.41) is 4.34. The summed E-state index contributed by atoms with van der Waals surface area (Å²) in [6.07, 6.45) is 7.80. The first-order valence-electron chi connectivity index (χ1n) is 5.58. The lowest BCUT2D eigenvalue weighted by Crippen LogP contribution is -2.05. The van der Waals surface area contributed by atoms with Crippen molar-refractivity contribution in [2.75, 3.05) is 0 Å². The molecule has 0 amide bonds. The number of isocyanates is 1. The summed E-state index contributed by atoms with van der Waals surface area (Å²) in [6.45, 7) is 2.06. The molecule has 0 saturated heterocycles. The molecule has 0 N–H and O–H groups in total. The molecular formula is C11H11N5O. The molecule has 1 aliphatic carbocycles. The van der Waals surface area contributed by atoms with Crippen LogP contribution >= 0.6 is 0 Å². The van der Waals surface area contributed by atoms with E-state index >= 15 is 0 Å². The third kappa shape index (κ3) is 1.54. The van der Waals surface area contributed by atoms with Gasteiger partial charge in [0.25, 0.3) is 5.78 Å². The Hall–Kier alpha value is -2.07. The minimum absolute atomic E-state index is 0.526. The normalized spacial score (nSPS) is 16.8. The molecule has 1 saturated carbocycles. The number of aliphatic imine (C=N–C) groups is 1. The van der Waals surface area contributed by atoms with Crippen molar-refractivity contribution < 1.29 is 4.79 Å². The van der Waals surface area contributed by atoms with E-state index in [-0.39, 0.29) is 0 Å². The lowest BCUT2D eigenvalue weighted by molar-refractivity contribution is 0.553. The van der Waals surface area contributed by atoms with Crippen molar-refractivity contribution in [3.63, 3.8) is 0 Å². The lowest BCUT2D eigenvalue weighted by Gasteiger charge is -1.98. The van der Waals surface area contributed by atoms with Gasteiger partial charge in [0.05, 0.1) is 0 Å². The molecular weight excluding hydrogens is 218 g/mol. The van der Waals surface area contributed by atoms with E-state index in [1.165, 1.54) is 0 Å². The summed E-state index contributed by atoms with van der Waals surface area (Å²) in [7, 11) is 0. The van der Waals surface area contributed by atoms with Crippen molar-refractivity contribution in [3.05, 3.63) is 23.8 Å². The SMILES string of the molecule is CCc1cnc2nc(C3(N=C=O)CC3)nn2c1. The molecule has 1 fully saturated rings. The van der Waals surface area contributed by atoms with E-state index < -0.39 is 5.54 Å². The highest BCUT2D eigenvalue weighted by atomic mass is 16.1. The molecule has 86 valence electrons. The van der Waals surface area contributed by atoms with E-state index in [2.05, 4.69) is 27.0 Å². The van der Waals surface area contributed by atoms with Gasteiger partial charge in [-0.1, -0.05) is 6.92 Å². The molecule has 0 bridgehead atoms. The maximum absolute atomic E-state index is 10.4. The predicted molar refractivity (Wildman–Crippen MR) is 59.2 cm³/mol. The van der Waals surface area contributed by atoms with Crippen LogP contribution in [0.15, 0.2) is 17.4 Å². The summed E-state index contributed by atoms with van der Waals surface area (Å²) < 4.78 is 1.65. The number of rotatable bonds is 3. The van der Waals surface area contributed by atoms with Gasteiger partial charge in [0.2, 0.25) is 6.08 Å². The Morgan fingerprint density at radius 3 is 3.06 bits per heavy atom. The molecule has 17 heavy (non-hydrogen) atoms. The minimum atomic E-state index is -0.526. The highest BCUT2D eigenvalue weighted by Crippen LogP contribution is 2.47. The minimum Gasteiger partial charge on any atom is -0.219 e. The van der Waals surface area contributed by atoms with E-state index in [0.717, 1.165) is 24.8 Å². The number of hydrogen-bond acceptors (Lipinski definition) is 5. The lowest BCUT2D eigenvalue weighted by atomic mass is 10.3. The first-order chi connectivity index (χ1) is 8.27. The van der Waals surface area contributed by atoms with Gasteiger partial charge in [0, 0.05) is 12.4 Å². The standard InChI is InChI=1S/C11H11N5O/c1-2-8-5-12-10-14-9(15-16(10)6-8)11(3-4-11)13-7-17/h5-6H,2-4H2,1H3. The molecule has 6 heteroatoms. The van der Waals surface area contributed by atoms with Gasteiger partial charge in [-0.3, -0.25) is 0 Å². The summed E-state index contributed by atoms with van der Waals surface area (Å²) in [5.74, 6) is 1.12. The average molecular weight is 229 g/mol. The highest BCUT2D eigenvalue weighted by molar-refractivity contribution is 5.39. The van der Waals surface area contributed by atoms with Crippen molar-refractivity contribution >= 4 is 11.9 Å². The maximum atomic E-state index is 10.4.